The smallest absolute Gasteiger partial charge is 0.142 e. The average Bonchev–Trinajstić information content (AvgIpc) is 2.93. The number of terminal acetylenes is 1. The lowest BCUT2D eigenvalue weighted by atomic mass is 9.71. The third-order valence-electron chi connectivity index (χ3n) is 3.63. The molecule has 1 saturated carbocycles. The highest BCUT2D eigenvalue weighted by Gasteiger charge is 2.63. The minimum Gasteiger partial charge on any atom is -0.386 e. The van der Waals surface area contributed by atoms with Crippen LogP contribution in [-0.4, -0.2) is 29.2 Å². The molecule has 1 aliphatic carbocycles. The first-order valence-electron chi connectivity index (χ1n) is 4.85. The van der Waals surface area contributed by atoms with Crippen molar-refractivity contribution < 1.29 is 14.6 Å². The summed E-state index contributed by atoms with van der Waals surface area (Å²) >= 11 is 0. The molecule has 0 spiro atoms. The van der Waals surface area contributed by atoms with E-state index < -0.39 is 11.0 Å². The maximum Gasteiger partial charge on any atom is 0.142 e. The molecular weight excluding hydrogens is 180 g/mol. The molecule has 76 valence electrons. The molecule has 2 aliphatic rings. The van der Waals surface area contributed by atoms with Crippen molar-refractivity contribution in [3.8, 4) is 12.3 Å². The van der Waals surface area contributed by atoms with Crippen LogP contribution in [0.15, 0.2) is 0 Å². The zero-order valence-electron chi connectivity index (χ0n) is 8.25. The zero-order valence-corrected chi connectivity index (χ0v) is 8.25. The molecule has 1 N–H and O–H groups in total. The lowest BCUT2D eigenvalue weighted by molar-refractivity contribution is -0.136. The SMILES string of the molecule is C#CC[C@@]1(C)C(=O)CC[C@]1(O)[C@@H]1CO1. The highest BCUT2D eigenvalue weighted by Crippen LogP contribution is 2.51. The molecular formula is C11H14O3. The summed E-state index contributed by atoms with van der Waals surface area (Å²) in [5, 5.41) is 10.4. The Bertz CT molecular complexity index is 313. The van der Waals surface area contributed by atoms with Crippen molar-refractivity contribution in [2.24, 2.45) is 5.41 Å². The van der Waals surface area contributed by atoms with Gasteiger partial charge in [0, 0.05) is 12.8 Å². The van der Waals surface area contributed by atoms with Gasteiger partial charge in [0.05, 0.1) is 12.0 Å². The number of hydrogen-bond donors (Lipinski definition) is 1. The number of Topliss-reactive ketones (excluding diaryl/α,β-unsaturated/α-hetero) is 1. The average molecular weight is 194 g/mol. The topological polar surface area (TPSA) is 49.8 Å². The van der Waals surface area contributed by atoms with Gasteiger partial charge in [0.2, 0.25) is 0 Å². The van der Waals surface area contributed by atoms with Crippen molar-refractivity contribution in [2.45, 2.75) is 37.9 Å². The zero-order chi connectivity index (χ0) is 10.4. The second-order valence-electron chi connectivity index (χ2n) is 4.38. The Balaban J connectivity index is 2.33. The van der Waals surface area contributed by atoms with Crippen LogP contribution in [0, 0.1) is 17.8 Å². The Morgan fingerprint density at radius 2 is 2.43 bits per heavy atom. The van der Waals surface area contributed by atoms with Gasteiger partial charge in [-0.05, 0) is 13.3 Å². The van der Waals surface area contributed by atoms with E-state index in [2.05, 4.69) is 5.92 Å². The molecule has 3 nitrogen and oxygen atoms in total. The Hall–Kier alpha value is -0.850. The van der Waals surface area contributed by atoms with E-state index in [0.717, 1.165) is 0 Å². The largest absolute Gasteiger partial charge is 0.386 e. The van der Waals surface area contributed by atoms with Crippen molar-refractivity contribution in [3.63, 3.8) is 0 Å². The van der Waals surface area contributed by atoms with E-state index >= 15 is 0 Å². The van der Waals surface area contributed by atoms with Crippen LogP contribution in [-0.2, 0) is 9.53 Å². The molecule has 0 amide bonds. The summed E-state index contributed by atoms with van der Waals surface area (Å²) in [7, 11) is 0. The summed E-state index contributed by atoms with van der Waals surface area (Å²) in [6.07, 6.45) is 6.24. The maximum absolute atomic E-state index is 11.7. The van der Waals surface area contributed by atoms with Crippen molar-refractivity contribution >= 4 is 5.78 Å². The van der Waals surface area contributed by atoms with Gasteiger partial charge in [-0.2, -0.15) is 0 Å². The van der Waals surface area contributed by atoms with Gasteiger partial charge in [-0.1, -0.05) is 0 Å². The third-order valence-corrected chi connectivity index (χ3v) is 3.63. The molecule has 3 heteroatoms. The molecule has 2 fully saturated rings. The van der Waals surface area contributed by atoms with Crippen LogP contribution < -0.4 is 0 Å². The summed E-state index contributed by atoms with van der Waals surface area (Å²) in [5.74, 6) is 2.55. The fourth-order valence-corrected chi connectivity index (χ4v) is 2.39. The first-order valence-corrected chi connectivity index (χ1v) is 4.85. The molecule has 1 saturated heterocycles. The fraction of sp³-hybridized carbons (Fsp3) is 0.727. The normalized spacial score (nSPS) is 46.4. The van der Waals surface area contributed by atoms with E-state index in [4.69, 9.17) is 11.2 Å². The second kappa shape index (κ2) is 2.82. The Morgan fingerprint density at radius 3 is 2.93 bits per heavy atom. The predicted molar refractivity (Wildman–Crippen MR) is 50.5 cm³/mol. The monoisotopic (exact) mass is 194 g/mol. The molecule has 0 bridgehead atoms. The van der Waals surface area contributed by atoms with Crippen molar-refractivity contribution in [2.75, 3.05) is 6.61 Å². The quantitative estimate of drug-likeness (QED) is 0.514. The van der Waals surface area contributed by atoms with E-state index in [1.54, 1.807) is 6.92 Å². The number of carbonyl (C=O) groups is 1. The van der Waals surface area contributed by atoms with E-state index in [9.17, 15) is 9.90 Å². The highest BCUT2D eigenvalue weighted by atomic mass is 16.6. The Kier molecular flexibility index (Phi) is 1.95. The van der Waals surface area contributed by atoms with E-state index in [-0.39, 0.29) is 11.9 Å². The molecule has 0 aromatic carbocycles. The van der Waals surface area contributed by atoms with Gasteiger partial charge in [0.1, 0.15) is 17.5 Å². The van der Waals surface area contributed by atoms with Crippen LogP contribution in [0.1, 0.15) is 26.2 Å². The highest BCUT2D eigenvalue weighted by molar-refractivity contribution is 5.89. The molecule has 14 heavy (non-hydrogen) atoms. The number of epoxide rings is 1. The summed E-state index contributed by atoms with van der Waals surface area (Å²) in [6.45, 7) is 2.30. The molecule has 0 radical (unpaired) electrons. The Morgan fingerprint density at radius 1 is 1.79 bits per heavy atom. The lowest BCUT2D eigenvalue weighted by Crippen LogP contribution is -2.49. The van der Waals surface area contributed by atoms with E-state index in [0.29, 0.717) is 25.9 Å². The third kappa shape index (κ3) is 1.05. The van der Waals surface area contributed by atoms with Gasteiger partial charge >= 0.3 is 0 Å². The first kappa shape index (κ1) is 9.70. The fourth-order valence-electron chi connectivity index (χ4n) is 2.39. The van der Waals surface area contributed by atoms with E-state index in [1.807, 2.05) is 0 Å². The minimum atomic E-state index is -1.03. The number of ketones is 1. The maximum atomic E-state index is 11.7. The minimum absolute atomic E-state index is 0.0634. The van der Waals surface area contributed by atoms with Crippen LogP contribution in [0.25, 0.3) is 0 Å². The van der Waals surface area contributed by atoms with Crippen LogP contribution in [0.4, 0.5) is 0 Å². The standard InChI is InChI=1S/C11H14O3/c1-3-5-10(2)8(12)4-6-11(10,13)9-7-14-9/h1,9,13H,4-7H2,2H3/t9-,10-,11-/m0/s1. The van der Waals surface area contributed by atoms with Crippen LogP contribution >= 0.6 is 0 Å². The van der Waals surface area contributed by atoms with Crippen LogP contribution in [0.2, 0.25) is 0 Å². The molecule has 1 aliphatic heterocycles. The molecule has 0 aromatic heterocycles. The van der Waals surface area contributed by atoms with Gasteiger partial charge in [-0.15, -0.1) is 12.3 Å². The predicted octanol–water partition coefficient (Wildman–Crippen LogP) is 0.509. The van der Waals surface area contributed by atoms with Gasteiger partial charge in [-0.25, -0.2) is 0 Å². The summed E-state index contributed by atoms with van der Waals surface area (Å²) in [5.41, 5.74) is -1.83. The Labute approximate surface area is 83.4 Å². The van der Waals surface area contributed by atoms with Crippen molar-refractivity contribution in [1.29, 1.82) is 0 Å². The first-order chi connectivity index (χ1) is 6.54. The summed E-state index contributed by atoms with van der Waals surface area (Å²) < 4.78 is 5.11. The molecule has 0 aromatic rings. The van der Waals surface area contributed by atoms with Gasteiger partial charge < -0.3 is 9.84 Å². The second-order valence-corrected chi connectivity index (χ2v) is 4.38. The number of ether oxygens (including phenoxy) is 1. The van der Waals surface area contributed by atoms with E-state index in [1.165, 1.54) is 0 Å². The van der Waals surface area contributed by atoms with Crippen molar-refractivity contribution in [1.82, 2.24) is 0 Å². The summed E-state index contributed by atoms with van der Waals surface area (Å²) in [6, 6.07) is 0. The van der Waals surface area contributed by atoms with Gasteiger partial charge in [0.15, 0.2) is 0 Å². The van der Waals surface area contributed by atoms with Gasteiger partial charge in [0.25, 0.3) is 0 Å². The van der Waals surface area contributed by atoms with Crippen LogP contribution in [0.3, 0.4) is 0 Å². The number of aliphatic hydroxyl groups is 1. The molecule has 2 rings (SSSR count). The molecule has 1 heterocycles. The lowest BCUT2D eigenvalue weighted by Gasteiger charge is -2.35. The molecule has 0 unspecified atom stereocenters. The number of hydrogen-bond acceptors (Lipinski definition) is 3. The van der Waals surface area contributed by atoms with Crippen LogP contribution in [0.5, 0.6) is 0 Å². The number of carbonyl (C=O) groups excluding carboxylic acids is 1. The van der Waals surface area contributed by atoms with Gasteiger partial charge in [-0.3, -0.25) is 4.79 Å². The number of rotatable bonds is 2. The summed E-state index contributed by atoms with van der Waals surface area (Å²) in [4.78, 5) is 11.7. The molecule has 3 atom stereocenters. The van der Waals surface area contributed by atoms with Crippen molar-refractivity contribution in [3.05, 3.63) is 0 Å².